The van der Waals surface area contributed by atoms with Gasteiger partial charge < -0.3 is 9.84 Å². The normalized spacial score (nSPS) is 12.6. The summed E-state index contributed by atoms with van der Waals surface area (Å²) in [4.78, 5) is 23.3. The van der Waals surface area contributed by atoms with Gasteiger partial charge in [-0.15, -0.1) is 0 Å². The first-order chi connectivity index (χ1) is 15.7. The van der Waals surface area contributed by atoms with E-state index in [1.54, 1.807) is 18.2 Å². The van der Waals surface area contributed by atoms with Gasteiger partial charge in [0.25, 0.3) is 0 Å². The summed E-state index contributed by atoms with van der Waals surface area (Å²) < 4.78 is 20.0. The summed E-state index contributed by atoms with van der Waals surface area (Å²) in [5, 5.41) is 15.3. The second kappa shape index (κ2) is 10.5. The van der Waals surface area contributed by atoms with Crippen LogP contribution in [0.15, 0.2) is 42.5 Å². The van der Waals surface area contributed by atoms with Crippen molar-refractivity contribution in [3.63, 3.8) is 0 Å². The predicted octanol–water partition coefficient (Wildman–Crippen LogP) is 4.72. The minimum atomic E-state index is -1.07. The lowest BCUT2D eigenvalue weighted by Crippen LogP contribution is -2.15. The van der Waals surface area contributed by atoms with Crippen LogP contribution in [0.4, 0.5) is 4.39 Å². The molecule has 1 unspecified atom stereocenters. The van der Waals surface area contributed by atoms with Crippen molar-refractivity contribution in [1.82, 2.24) is 9.61 Å². The summed E-state index contributed by atoms with van der Waals surface area (Å²) in [5.74, 6) is -1.25. The number of aryl methyl sites for hydroxylation is 1. The number of aliphatic hydroxyl groups excluding tert-OH is 1. The lowest BCUT2D eigenvalue weighted by atomic mass is 9.93. The van der Waals surface area contributed by atoms with E-state index in [4.69, 9.17) is 5.10 Å². The third-order valence-corrected chi connectivity index (χ3v) is 5.50. The van der Waals surface area contributed by atoms with E-state index in [-0.39, 0.29) is 24.6 Å². The predicted molar refractivity (Wildman–Crippen MR) is 125 cm³/mol. The molecule has 0 saturated heterocycles. The van der Waals surface area contributed by atoms with Gasteiger partial charge >= 0.3 is 5.97 Å². The number of carbonyl (C=O) groups is 2. The highest BCUT2D eigenvalue weighted by Crippen LogP contribution is 2.34. The van der Waals surface area contributed by atoms with Crippen LogP contribution in [0.5, 0.6) is 0 Å². The van der Waals surface area contributed by atoms with E-state index in [0.29, 0.717) is 5.69 Å². The molecule has 0 aliphatic rings. The SMILES string of the molecule is CCc1ccc2c(C(C)C)c(C=CC(O)CC(=O)CC(=O)OC)c(-c3ccc(F)cc3)nn12. The molecule has 174 valence electrons. The van der Waals surface area contributed by atoms with Gasteiger partial charge in [-0.25, -0.2) is 8.91 Å². The van der Waals surface area contributed by atoms with Crippen molar-refractivity contribution < 1.29 is 23.8 Å². The van der Waals surface area contributed by atoms with Crippen LogP contribution in [0.3, 0.4) is 0 Å². The van der Waals surface area contributed by atoms with Crippen LogP contribution in [-0.4, -0.2) is 39.7 Å². The van der Waals surface area contributed by atoms with Crippen molar-refractivity contribution in [1.29, 1.82) is 0 Å². The molecule has 0 bridgehead atoms. The van der Waals surface area contributed by atoms with E-state index >= 15 is 0 Å². The Kier molecular flexibility index (Phi) is 7.76. The highest BCUT2D eigenvalue weighted by Gasteiger charge is 2.20. The van der Waals surface area contributed by atoms with Gasteiger partial charge in [-0.3, -0.25) is 9.59 Å². The van der Waals surface area contributed by atoms with Crippen molar-refractivity contribution in [2.24, 2.45) is 0 Å². The molecule has 0 saturated carbocycles. The maximum Gasteiger partial charge on any atom is 0.313 e. The molecule has 2 heterocycles. The molecular formula is C26H29FN2O4. The molecule has 6 nitrogen and oxygen atoms in total. The molecule has 0 radical (unpaired) electrons. The minimum Gasteiger partial charge on any atom is -0.469 e. The average molecular weight is 453 g/mol. The quantitative estimate of drug-likeness (QED) is 0.375. The average Bonchev–Trinajstić information content (AvgIpc) is 3.19. The third kappa shape index (κ3) is 5.54. The maximum absolute atomic E-state index is 13.6. The number of aliphatic hydroxyl groups is 1. The first-order valence-corrected chi connectivity index (χ1v) is 11.0. The second-order valence-corrected chi connectivity index (χ2v) is 8.23. The third-order valence-electron chi connectivity index (χ3n) is 5.50. The number of halogens is 1. The van der Waals surface area contributed by atoms with E-state index in [1.807, 2.05) is 16.6 Å². The Labute approximate surface area is 192 Å². The summed E-state index contributed by atoms with van der Waals surface area (Å²) in [7, 11) is 1.21. The number of rotatable bonds is 9. The van der Waals surface area contributed by atoms with E-state index in [1.165, 1.54) is 25.3 Å². The number of carbonyl (C=O) groups excluding carboxylic acids is 2. The van der Waals surface area contributed by atoms with Crippen molar-refractivity contribution >= 4 is 23.3 Å². The number of hydrogen-bond acceptors (Lipinski definition) is 5. The molecule has 0 spiro atoms. The number of ketones is 1. The van der Waals surface area contributed by atoms with Crippen LogP contribution >= 0.6 is 0 Å². The second-order valence-electron chi connectivity index (χ2n) is 8.23. The number of esters is 1. The number of ether oxygens (including phenoxy) is 1. The molecule has 0 fully saturated rings. The van der Waals surface area contributed by atoms with E-state index in [0.717, 1.165) is 34.3 Å². The molecule has 1 aromatic carbocycles. The van der Waals surface area contributed by atoms with Crippen molar-refractivity contribution in [2.45, 2.75) is 52.1 Å². The zero-order valence-corrected chi connectivity index (χ0v) is 19.3. The highest BCUT2D eigenvalue weighted by molar-refractivity contribution is 5.95. The van der Waals surface area contributed by atoms with Crippen LogP contribution < -0.4 is 0 Å². The van der Waals surface area contributed by atoms with Gasteiger partial charge in [0.2, 0.25) is 0 Å². The Morgan fingerprint density at radius 3 is 2.48 bits per heavy atom. The van der Waals surface area contributed by atoms with Gasteiger partial charge in [-0.1, -0.05) is 32.9 Å². The standard InChI is InChI=1S/C26H29FN2O4/c1-5-19-10-13-23-25(16(2)3)22(12-11-20(30)14-21(31)15-24(32)33-4)26(28-29(19)23)17-6-8-18(27)9-7-17/h6-13,16,20,30H,5,14-15H2,1-4H3. The largest absolute Gasteiger partial charge is 0.469 e. The number of aromatic nitrogens is 2. The topological polar surface area (TPSA) is 80.9 Å². The van der Waals surface area contributed by atoms with Gasteiger partial charge in [-0.05, 0) is 54.3 Å². The van der Waals surface area contributed by atoms with E-state index in [2.05, 4.69) is 25.5 Å². The van der Waals surface area contributed by atoms with Gasteiger partial charge in [0, 0.05) is 23.2 Å². The Hall–Kier alpha value is -3.32. The molecule has 1 atom stereocenters. The molecule has 7 heteroatoms. The fraction of sp³-hybridized carbons (Fsp3) is 0.346. The molecule has 3 aromatic rings. The monoisotopic (exact) mass is 452 g/mol. The Balaban J connectivity index is 2.10. The van der Waals surface area contributed by atoms with Gasteiger partial charge in [0.05, 0.1) is 24.4 Å². The molecular weight excluding hydrogens is 423 g/mol. The maximum atomic E-state index is 13.6. The fourth-order valence-corrected chi connectivity index (χ4v) is 3.89. The van der Waals surface area contributed by atoms with Crippen LogP contribution in [0.2, 0.25) is 0 Å². The number of hydrogen-bond donors (Lipinski definition) is 1. The summed E-state index contributed by atoms with van der Waals surface area (Å²) in [6, 6.07) is 10.2. The number of nitrogens with zero attached hydrogens (tertiary/aromatic N) is 2. The number of benzene rings is 1. The molecule has 33 heavy (non-hydrogen) atoms. The number of fused-ring (bicyclic) bond motifs is 1. The first-order valence-electron chi connectivity index (χ1n) is 11.0. The minimum absolute atomic E-state index is 0.132. The lowest BCUT2D eigenvalue weighted by Gasteiger charge is -2.18. The number of methoxy groups -OCH3 is 1. The van der Waals surface area contributed by atoms with E-state index < -0.39 is 17.9 Å². The first kappa shape index (κ1) is 24.3. The summed E-state index contributed by atoms with van der Waals surface area (Å²) in [6.07, 6.45) is 2.45. The summed E-state index contributed by atoms with van der Waals surface area (Å²) in [6.45, 7) is 6.22. The molecule has 0 aliphatic carbocycles. The molecule has 0 amide bonds. The Bertz CT molecular complexity index is 1180. The molecule has 3 rings (SSSR count). The molecule has 1 N–H and O–H groups in total. The lowest BCUT2D eigenvalue weighted by molar-refractivity contribution is -0.143. The zero-order chi connectivity index (χ0) is 24.1. The Morgan fingerprint density at radius 2 is 1.88 bits per heavy atom. The Morgan fingerprint density at radius 1 is 1.18 bits per heavy atom. The highest BCUT2D eigenvalue weighted by atomic mass is 19.1. The summed E-state index contributed by atoms with van der Waals surface area (Å²) >= 11 is 0. The van der Waals surface area contributed by atoms with Gasteiger partial charge in [-0.2, -0.15) is 5.10 Å². The zero-order valence-electron chi connectivity index (χ0n) is 19.3. The van der Waals surface area contributed by atoms with Crippen LogP contribution in [0, 0.1) is 5.82 Å². The smallest absolute Gasteiger partial charge is 0.313 e. The number of Topliss-reactive ketones (excluding diaryl/α,β-unsaturated/α-hetero) is 1. The summed E-state index contributed by atoms with van der Waals surface area (Å²) in [5.41, 5.74) is 5.24. The van der Waals surface area contributed by atoms with Crippen LogP contribution in [0.1, 0.15) is 56.4 Å². The molecule has 2 aromatic heterocycles. The fourth-order valence-electron chi connectivity index (χ4n) is 3.89. The van der Waals surface area contributed by atoms with Crippen LogP contribution in [0.25, 0.3) is 22.9 Å². The van der Waals surface area contributed by atoms with Crippen molar-refractivity contribution in [3.8, 4) is 11.3 Å². The van der Waals surface area contributed by atoms with E-state index in [9.17, 15) is 19.1 Å². The van der Waals surface area contributed by atoms with Crippen LogP contribution in [-0.2, 0) is 20.7 Å². The van der Waals surface area contributed by atoms with Gasteiger partial charge in [0.15, 0.2) is 0 Å². The van der Waals surface area contributed by atoms with Crippen molar-refractivity contribution in [3.05, 3.63) is 65.1 Å². The van der Waals surface area contributed by atoms with Crippen molar-refractivity contribution in [2.75, 3.05) is 7.11 Å². The molecule has 0 aliphatic heterocycles. The van der Waals surface area contributed by atoms with Gasteiger partial charge in [0.1, 0.15) is 18.0 Å².